The number of carbonyl (C=O) groups is 1. The molecule has 1 aromatic rings. The fourth-order valence-electron chi connectivity index (χ4n) is 1.40. The van der Waals surface area contributed by atoms with Gasteiger partial charge in [0, 0.05) is 54.5 Å². The van der Waals surface area contributed by atoms with Crippen LogP contribution in [0.15, 0.2) is 24.3 Å². The molecule has 1 unspecified atom stereocenters. The molecule has 0 aliphatic heterocycles. The minimum atomic E-state index is -1.81. The van der Waals surface area contributed by atoms with Crippen LogP contribution in [-0.2, 0) is 27.4 Å². The quantitative estimate of drug-likeness (QED) is 0.328. The molecule has 0 spiro atoms. The molecule has 0 aliphatic rings. The second-order valence-electron chi connectivity index (χ2n) is 3.80. The maximum absolute atomic E-state index is 10.9. The van der Waals surface area contributed by atoms with Crippen LogP contribution in [0.2, 0.25) is 0 Å². The second kappa shape index (κ2) is 12.1. The standard InChI is InChI=1S/C12H17NO3S3.Na/c1-10(14)13-6-7-17-18-8-11-4-2-3-5-12(11)9-19(15)16;/h2-5H,6-9H2,1H3,(H,13,14)(H,15,16);. The molecule has 0 fully saturated rings. The van der Waals surface area contributed by atoms with Crippen LogP contribution in [0.1, 0.15) is 18.1 Å². The Hall–Kier alpha value is 0.500. The summed E-state index contributed by atoms with van der Waals surface area (Å²) in [7, 11) is 3.37. The average Bonchev–Trinajstić information content (AvgIpc) is 2.34. The maximum atomic E-state index is 10.9. The summed E-state index contributed by atoms with van der Waals surface area (Å²) >= 11 is -1.81. The Morgan fingerprint density at radius 3 is 2.55 bits per heavy atom. The minimum absolute atomic E-state index is 0. The maximum Gasteiger partial charge on any atom is 0.216 e. The Bertz CT molecular complexity index is 446. The Morgan fingerprint density at radius 1 is 1.30 bits per heavy atom. The largest absolute Gasteiger partial charge is 0.355 e. The SMILES string of the molecule is CC(=O)NCCSSCc1ccccc1CS(=O)O.[Na]. The van der Waals surface area contributed by atoms with Crippen LogP contribution in [0.25, 0.3) is 0 Å². The first kappa shape index (κ1) is 20.5. The van der Waals surface area contributed by atoms with Crippen molar-refractivity contribution in [1.82, 2.24) is 5.32 Å². The molecule has 107 valence electrons. The van der Waals surface area contributed by atoms with Gasteiger partial charge in [-0.15, -0.1) is 0 Å². The Morgan fingerprint density at radius 2 is 1.95 bits per heavy atom. The second-order valence-corrected chi connectivity index (χ2v) is 7.32. The van der Waals surface area contributed by atoms with Gasteiger partial charge in [0.05, 0.1) is 5.75 Å². The van der Waals surface area contributed by atoms with E-state index in [-0.39, 0.29) is 41.2 Å². The summed E-state index contributed by atoms with van der Waals surface area (Å²) in [5.74, 6) is 1.80. The van der Waals surface area contributed by atoms with Gasteiger partial charge >= 0.3 is 0 Å². The third-order valence-electron chi connectivity index (χ3n) is 2.25. The number of benzene rings is 1. The summed E-state index contributed by atoms with van der Waals surface area (Å²) in [5.41, 5.74) is 2.00. The molecule has 0 aliphatic carbocycles. The van der Waals surface area contributed by atoms with Gasteiger partial charge in [0.15, 0.2) is 11.1 Å². The fourth-order valence-corrected chi connectivity index (χ4v) is 3.98. The van der Waals surface area contributed by atoms with Crippen LogP contribution >= 0.6 is 21.6 Å². The van der Waals surface area contributed by atoms with Crippen LogP contribution in [0.3, 0.4) is 0 Å². The van der Waals surface area contributed by atoms with E-state index in [1.54, 1.807) is 21.6 Å². The van der Waals surface area contributed by atoms with Crippen LogP contribution in [0, 0.1) is 0 Å². The van der Waals surface area contributed by atoms with Gasteiger partial charge in [-0.1, -0.05) is 45.9 Å². The van der Waals surface area contributed by atoms with Crippen molar-refractivity contribution in [3.8, 4) is 0 Å². The molecule has 1 atom stereocenters. The number of rotatable bonds is 8. The van der Waals surface area contributed by atoms with Gasteiger partial charge in [0.1, 0.15) is 0 Å². The van der Waals surface area contributed by atoms with Gasteiger partial charge in [-0.2, -0.15) is 0 Å². The molecule has 0 saturated heterocycles. The zero-order valence-corrected chi connectivity index (χ0v) is 16.1. The van der Waals surface area contributed by atoms with Gasteiger partial charge < -0.3 is 9.87 Å². The monoisotopic (exact) mass is 342 g/mol. The van der Waals surface area contributed by atoms with Crippen LogP contribution in [-0.4, -0.2) is 56.5 Å². The van der Waals surface area contributed by atoms with Crippen LogP contribution < -0.4 is 5.32 Å². The van der Waals surface area contributed by atoms with E-state index in [0.717, 1.165) is 22.6 Å². The van der Waals surface area contributed by atoms with E-state index in [2.05, 4.69) is 5.32 Å². The zero-order chi connectivity index (χ0) is 14.1. The number of hydrogen-bond donors (Lipinski definition) is 2. The average molecular weight is 342 g/mol. The van der Waals surface area contributed by atoms with E-state index in [4.69, 9.17) is 4.55 Å². The summed E-state index contributed by atoms with van der Waals surface area (Å²) in [6, 6.07) is 7.66. The molecule has 2 N–H and O–H groups in total. The summed E-state index contributed by atoms with van der Waals surface area (Å²) in [6.45, 7) is 2.17. The van der Waals surface area contributed by atoms with Crippen molar-refractivity contribution >= 4 is 68.1 Å². The normalized spacial score (nSPS) is 11.5. The van der Waals surface area contributed by atoms with Crippen LogP contribution in [0.5, 0.6) is 0 Å². The van der Waals surface area contributed by atoms with Gasteiger partial charge in [-0.05, 0) is 11.1 Å². The molecule has 1 aromatic carbocycles. The summed E-state index contributed by atoms with van der Waals surface area (Å²) in [6.07, 6.45) is 0. The van der Waals surface area contributed by atoms with E-state index >= 15 is 0 Å². The van der Waals surface area contributed by atoms with Crippen LogP contribution in [0.4, 0.5) is 0 Å². The molecular formula is C12H17NNaO3S3. The summed E-state index contributed by atoms with van der Waals surface area (Å²) in [5, 5.41) is 2.74. The Balaban J connectivity index is 0.00000361. The Labute approximate surface area is 152 Å². The van der Waals surface area contributed by atoms with Crippen molar-refractivity contribution in [1.29, 1.82) is 0 Å². The van der Waals surface area contributed by atoms with Crippen molar-refractivity contribution in [2.24, 2.45) is 0 Å². The third kappa shape index (κ3) is 9.44. The number of hydrogen-bond acceptors (Lipinski definition) is 4. The predicted octanol–water partition coefficient (Wildman–Crippen LogP) is 2.04. The van der Waals surface area contributed by atoms with E-state index < -0.39 is 11.1 Å². The zero-order valence-electron chi connectivity index (χ0n) is 11.6. The van der Waals surface area contributed by atoms with Crippen molar-refractivity contribution in [2.75, 3.05) is 12.3 Å². The summed E-state index contributed by atoms with van der Waals surface area (Å²) < 4.78 is 19.8. The van der Waals surface area contributed by atoms with E-state index in [1.807, 2.05) is 24.3 Å². The van der Waals surface area contributed by atoms with Crippen molar-refractivity contribution in [3.63, 3.8) is 0 Å². The minimum Gasteiger partial charge on any atom is -0.355 e. The van der Waals surface area contributed by atoms with Crippen molar-refractivity contribution in [3.05, 3.63) is 35.4 Å². The van der Waals surface area contributed by atoms with Gasteiger partial charge in [0.25, 0.3) is 0 Å². The molecule has 1 rings (SSSR count). The molecule has 0 heterocycles. The molecular weight excluding hydrogens is 325 g/mol. The van der Waals surface area contributed by atoms with E-state index in [0.29, 0.717) is 6.54 Å². The van der Waals surface area contributed by atoms with Gasteiger partial charge in [0.2, 0.25) is 5.91 Å². The first-order chi connectivity index (χ1) is 9.09. The summed E-state index contributed by atoms with van der Waals surface area (Å²) in [4.78, 5) is 10.7. The molecule has 20 heavy (non-hydrogen) atoms. The number of nitrogens with one attached hydrogen (secondary N) is 1. The number of carbonyl (C=O) groups excluding carboxylic acids is 1. The molecule has 0 bridgehead atoms. The van der Waals surface area contributed by atoms with Crippen molar-refractivity contribution < 1.29 is 13.6 Å². The topological polar surface area (TPSA) is 66.4 Å². The molecule has 8 heteroatoms. The first-order valence-electron chi connectivity index (χ1n) is 5.72. The smallest absolute Gasteiger partial charge is 0.216 e. The van der Waals surface area contributed by atoms with Crippen molar-refractivity contribution in [2.45, 2.75) is 18.4 Å². The Kier molecular flexibility index (Phi) is 12.4. The van der Waals surface area contributed by atoms with E-state index in [9.17, 15) is 9.00 Å². The fraction of sp³-hybridized carbons (Fsp3) is 0.417. The third-order valence-corrected chi connectivity index (χ3v) is 5.13. The molecule has 1 radical (unpaired) electrons. The molecule has 0 saturated carbocycles. The molecule has 0 aromatic heterocycles. The molecule has 1 amide bonds. The first-order valence-corrected chi connectivity index (χ1v) is 9.49. The van der Waals surface area contributed by atoms with Gasteiger partial charge in [-0.25, -0.2) is 4.21 Å². The predicted molar refractivity (Wildman–Crippen MR) is 89.1 cm³/mol. The van der Waals surface area contributed by atoms with Gasteiger partial charge in [-0.3, -0.25) is 4.79 Å². The number of amides is 1. The molecule has 4 nitrogen and oxygen atoms in total. The van der Waals surface area contributed by atoms with E-state index in [1.165, 1.54) is 6.92 Å².